The highest BCUT2D eigenvalue weighted by Gasteiger charge is 2.30. The summed E-state index contributed by atoms with van der Waals surface area (Å²) in [6.45, 7) is 1.40. The number of nitrogens with one attached hydrogen (secondary N) is 1. The molecule has 3 rings (SSSR count). The van der Waals surface area contributed by atoms with E-state index in [2.05, 4.69) is 5.32 Å². The molecule has 0 bridgehead atoms. The van der Waals surface area contributed by atoms with Gasteiger partial charge < -0.3 is 19.5 Å². The minimum absolute atomic E-state index is 0.156. The van der Waals surface area contributed by atoms with Crippen molar-refractivity contribution in [1.82, 2.24) is 4.57 Å². The highest BCUT2D eigenvalue weighted by Crippen LogP contribution is 2.31. The summed E-state index contributed by atoms with van der Waals surface area (Å²) in [4.78, 5) is 38.2. The van der Waals surface area contributed by atoms with Gasteiger partial charge in [0.05, 0.1) is 11.4 Å². The maximum atomic E-state index is 12.7. The normalized spacial score (nSPS) is 16.6. The van der Waals surface area contributed by atoms with E-state index in [1.54, 1.807) is 61.1 Å². The van der Waals surface area contributed by atoms with Crippen molar-refractivity contribution in [2.75, 3.05) is 16.8 Å². The van der Waals surface area contributed by atoms with Crippen LogP contribution in [-0.4, -0.2) is 35.0 Å². The van der Waals surface area contributed by atoms with Crippen molar-refractivity contribution >= 4 is 29.2 Å². The first kappa shape index (κ1) is 16.8. The maximum Gasteiger partial charge on any atom is 0.355 e. The third kappa shape index (κ3) is 3.40. The van der Waals surface area contributed by atoms with Gasteiger partial charge in [-0.3, -0.25) is 9.59 Å². The fourth-order valence-electron chi connectivity index (χ4n) is 2.91. The molecule has 130 valence electrons. The van der Waals surface area contributed by atoms with Gasteiger partial charge in [0.2, 0.25) is 5.91 Å². The van der Waals surface area contributed by atoms with Gasteiger partial charge in [0.1, 0.15) is 5.69 Å². The Kier molecular flexibility index (Phi) is 4.56. The Morgan fingerprint density at radius 3 is 2.72 bits per heavy atom. The monoisotopic (exact) mass is 341 g/mol. The average molecular weight is 341 g/mol. The molecule has 0 fully saturated rings. The van der Waals surface area contributed by atoms with Crippen LogP contribution in [0.2, 0.25) is 0 Å². The Morgan fingerprint density at radius 1 is 1.24 bits per heavy atom. The molecule has 2 amide bonds. The topological polar surface area (TPSA) is 80.6 Å². The van der Waals surface area contributed by atoms with E-state index < -0.39 is 12.6 Å². The smallest absolute Gasteiger partial charge is 0.355 e. The lowest BCUT2D eigenvalue weighted by molar-refractivity contribution is -0.122. The molecule has 0 unspecified atom stereocenters. The Balaban J connectivity index is 1.77. The van der Waals surface area contributed by atoms with Gasteiger partial charge in [-0.05, 0) is 31.2 Å². The van der Waals surface area contributed by atoms with Crippen molar-refractivity contribution in [3.05, 3.63) is 48.3 Å². The number of ether oxygens (including phenoxy) is 1. The molecule has 2 heterocycles. The van der Waals surface area contributed by atoms with Gasteiger partial charge in [-0.15, -0.1) is 0 Å². The van der Waals surface area contributed by atoms with E-state index in [9.17, 15) is 14.4 Å². The number of carbonyl (C=O) groups is 3. The summed E-state index contributed by atoms with van der Waals surface area (Å²) in [7, 11) is 1.73. The lowest BCUT2D eigenvalue weighted by atomic mass is 10.1. The number of nitrogens with zero attached hydrogens (tertiary/aromatic N) is 2. The van der Waals surface area contributed by atoms with Gasteiger partial charge in [0.15, 0.2) is 6.61 Å². The number of anilines is 2. The van der Waals surface area contributed by atoms with E-state index in [1.807, 2.05) is 0 Å². The molecule has 1 aliphatic heterocycles. The molecule has 7 heteroatoms. The van der Waals surface area contributed by atoms with Crippen LogP contribution in [-0.2, 0) is 21.4 Å². The van der Waals surface area contributed by atoms with E-state index in [-0.39, 0.29) is 24.3 Å². The largest absolute Gasteiger partial charge is 0.451 e. The van der Waals surface area contributed by atoms with Gasteiger partial charge in [0.25, 0.3) is 5.91 Å². The van der Waals surface area contributed by atoms with E-state index in [4.69, 9.17) is 4.74 Å². The molecule has 0 radical (unpaired) electrons. The van der Waals surface area contributed by atoms with Crippen LogP contribution in [0.5, 0.6) is 0 Å². The Bertz CT molecular complexity index is 827. The Labute approximate surface area is 145 Å². The molecule has 7 nitrogen and oxygen atoms in total. The number of benzene rings is 1. The summed E-state index contributed by atoms with van der Waals surface area (Å²) in [5, 5.41) is 2.79. The Morgan fingerprint density at radius 2 is 2.00 bits per heavy atom. The van der Waals surface area contributed by atoms with Gasteiger partial charge >= 0.3 is 5.97 Å². The van der Waals surface area contributed by atoms with Gasteiger partial charge in [-0.1, -0.05) is 12.1 Å². The van der Waals surface area contributed by atoms with Crippen LogP contribution in [0, 0.1) is 0 Å². The fraction of sp³-hybridized carbons (Fsp3) is 0.278. The second kappa shape index (κ2) is 6.80. The van der Waals surface area contributed by atoms with E-state index in [1.165, 1.54) is 4.90 Å². The number of rotatable bonds is 3. The number of para-hydroxylation sites is 2. The standard InChI is InChI=1S/C18H19N3O4/c1-12-10-16(22)19-13-6-3-4-7-14(13)21(12)17(23)11-25-18(24)15-8-5-9-20(15)2/h3-9,12H,10-11H2,1-2H3,(H,19,22)/t12-/m0/s1. The number of hydrogen-bond donors (Lipinski definition) is 1. The van der Waals surface area contributed by atoms with E-state index >= 15 is 0 Å². The van der Waals surface area contributed by atoms with Crippen molar-refractivity contribution in [2.24, 2.45) is 7.05 Å². The second-order valence-electron chi connectivity index (χ2n) is 5.96. The van der Waals surface area contributed by atoms with Crippen LogP contribution in [0.4, 0.5) is 11.4 Å². The summed E-state index contributed by atoms with van der Waals surface area (Å²) < 4.78 is 6.78. The third-order valence-corrected chi connectivity index (χ3v) is 4.11. The maximum absolute atomic E-state index is 12.7. The number of carbonyl (C=O) groups excluding carboxylic acids is 3. The molecule has 1 aromatic heterocycles. The molecule has 2 aromatic rings. The zero-order chi connectivity index (χ0) is 18.0. The SMILES string of the molecule is C[C@H]1CC(=O)Nc2ccccc2N1C(=O)COC(=O)c1cccn1C. The van der Waals surface area contributed by atoms with Gasteiger partial charge in [-0.25, -0.2) is 4.79 Å². The lowest BCUT2D eigenvalue weighted by Crippen LogP contribution is -2.41. The van der Waals surface area contributed by atoms with E-state index in [0.717, 1.165) is 0 Å². The van der Waals surface area contributed by atoms with Crippen LogP contribution in [0.1, 0.15) is 23.8 Å². The molecule has 0 saturated heterocycles. The molecular formula is C18H19N3O4. The van der Waals surface area contributed by atoms with Crippen molar-refractivity contribution in [3.63, 3.8) is 0 Å². The molecule has 0 aliphatic carbocycles. The summed E-state index contributed by atoms with van der Waals surface area (Å²) in [6, 6.07) is 10.1. The van der Waals surface area contributed by atoms with Crippen molar-refractivity contribution in [1.29, 1.82) is 0 Å². The lowest BCUT2D eigenvalue weighted by Gasteiger charge is -2.27. The summed E-state index contributed by atoms with van der Waals surface area (Å²) in [5.41, 5.74) is 1.54. The van der Waals surface area contributed by atoms with Crippen molar-refractivity contribution in [3.8, 4) is 0 Å². The Hall–Kier alpha value is -3.09. The predicted molar refractivity (Wildman–Crippen MR) is 92.3 cm³/mol. The average Bonchev–Trinajstić information content (AvgIpc) is 2.94. The minimum atomic E-state index is -0.564. The van der Waals surface area contributed by atoms with Crippen LogP contribution in [0.3, 0.4) is 0 Å². The number of aryl methyl sites for hydroxylation is 1. The second-order valence-corrected chi connectivity index (χ2v) is 5.96. The highest BCUT2D eigenvalue weighted by molar-refractivity contribution is 6.05. The number of hydrogen-bond acceptors (Lipinski definition) is 4. The summed E-state index contributed by atoms with van der Waals surface area (Å²) in [5.74, 6) is -1.10. The zero-order valence-corrected chi connectivity index (χ0v) is 14.1. The number of aromatic nitrogens is 1. The molecule has 1 N–H and O–H groups in total. The molecule has 1 aliphatic rings. The van der Waals surface area contributed by atoms with Crippen LogP contribution in [0.25, 0.3) is 0 Å². The molecular weight excluding hydrogens is 322 g/mol. The quantitative estimate of drug-likeness (QED) is 0.865. The highest BCUT2D eigenvalue weighted by atomic mass is 16.5. The van der Waals surface area contributed by atoms with Crippen molar-refractivity contribution < 1.29 is 19.1 Å². The summed E-state index contributed by atoms with van der Waals surface area (Å²) >= 11 is 0. The van der Waals surface area contributed by atoms with Gasteiger partial charge in [-0.2, -0.15) is 0 Å². The minimum Gasteiger partial charge on any atom is -0.451 e. The van der Waals surface area contributed by atoms with Crippen molar-refractivity contribution in [2.45, 2.75) is 19.4 Å². The zero-order valence-electron chi connectivity index (χ0n) is 14.1. The number of esters is 1. The first-order valence-electron chi connectivity index (χ1n) is 7.97. The van der Waals surface area contributed by atoms with Crippen LogP contribution < -0.4 is 10.2 Å². The first-order chi connectivity index (χ1) is 12.0. The van der Waals surface area contributed by atoms with Gasteiger partial charge in [0, 0.05) is 25.7 Å². The van der Waals surface area contributed by atoms with Crippen LogP contribution >= 0.6 is 0 Å². The predicted octanol–water partition coefficient (Wildman–Crippen LogP) is 1.95. The van der Waals surface area contributed by atoms with Crippen LogP contribution in [0.15, 0.2) is 42.6 Å². The first-order valence-corrected chi connectivity index (χ1v) is 7.97. The fourth-order valence-corrected chi connectivity index (χ4v) is 2.91. The molecule has 1 atom stereocenters. The third-order valence-electron chi connectivity index (χ3n) is 4.11. The molecule has 25 heavy (non-hydrogen) atoms. The molecule has 1 aromatic carbocycles. The number of fused-ring (bicyclic) bond motifs is 1. The molecule has 0 saturated carbocycles. The number of amides is 2. The molecule has 0 spiro atoms. The summed E-state index contributed by atoms with van der Waals surface area (Å²) in [6.07, 6.45) is 1.90. The van der Waals surface area contributed by atoms with E-state index in [0.29, 0.717) is 17.1 Å².